The van der Waals surface area contributed by atoms with Crippen LogP contribution in [0.2, 0.25) is 0 Å². The third-order valence-electron chi connectivity index (χ3n) is 5.46. The molecule has 10 nitrogen and oxygen atoms in total. The Kier molecular flexibility index (Phi) is 5.63. The molecule has 0 aliphatic carbocycles. The molecule has 0 amide bonds. The molecular formula is C21H20N6O4S. The van der Waals surface area contributed by atoms with Gasteiger partial charge in [0.25, 0.3) is 5.56 Å². The summed E-state index contributed by atoms with van der Waals surface area (Å²) in [5, 5.41) is 24.4. The minimum absolute atomic E-state index is 0.0658. The molecule has 4 rings (SSSR count). The molecule has 0 bridgehead atoms. The lowest BCUT2D eigenvalue weighted by molar-refractivity contribution is 0.379. The quantitative estimate of drug-likeness (QED) is 0.578. The molecule has 3 aromatic rings. The van der Waals surface area contributed by atoms with Crippen molar-refractivity contribution in [1.82, 2.24) is 19.3 Å². The number of aromatic hydroxyl groups is 1. The molecule has 1 aliphatic heterocycles. The minimum atomic E-state index is -3.30. The molecule has 2 aromatic heterocycles. The number of sulfone groups is 1. The van der Waals surface area contributed by atoms with E-state index in [2.05, 4.69) is 15.1 Å². The normalized spacial score (nSPS) is 17.6. The van der Waals surface area contributed by atoms with Gasteiger partial charge in [-0.2, -0.15) is 10.4 Å². The first-order chi connectivity index (χ1) is 15.3. The van der Waals surface area contributed by atoms with Crippen LogP contribution in [0, 0.1) is 18.3 Å². The average molecular weight is 452 g/mol. The monoisotopic (exact) mass is 452 g/mol. The van der Waals surface area contributed by atoms with Crippen molar-refractivity contribution in [2.45, 2.75) is 25.9 Å². The van der Waals surface area contributed by atoms with Crippen LogP contribution in [-0.2, 0) is 16.4 Å². The molecule has 0 radical (unpaired) electrons. The summed E-state index contributed by atoms with van der Waals surface area (Å²) in [6.07, 6.45) is 4.67. The van der Waals surface area contributed by atoms with Crippen LogP contribution in [0.15, 0.2) is 46.7 Å². The third kappa shape index (κ3) is 4.17. The van der Waals surface area contributed by atoms with Gasteiger partial charge in [-0.05, 0) is 36.6 Å². The molecule has 1 saturated heterocycles. The Labute approximate surface area is 184 Å². The maximum absolute atomic E-state index is 12.8. The number of hydrogen-bond donors (Lipinski definition) is 1. The van der Waals surface area contributed by atoms with E-state index < -0.39 is 21.4 Å². The van der Waals surface area contributed by atoms with Crippen LogP contribution in [0.3, 0.4) is 0 Å². The smallest absolute Gasteiger partial charge is 0.271 e. The van der Waals surface area contributed by atoms with Crippen LogP contribution in [-0.4, -0.2) is 50.6 Å². The highest BCUT2D eigenvalue weighted by Crippen LogP contribution is 2.29. The summed E-state index contributed by atoms with van der Waals surface area (Å²) in [5.41, 5.74) is 1.26. The zero-order chi connectivity index (χ0) is 22.9. The summed E-state index contributed by atoms with van der Waals surface area (Å²) >= 11 is 0. The van der Waals surface area contributed by atoms with E-state index in [9.17, 15) is 23.6 Å². The van der Waals surface area contributed by atoms with Crippen molar-refractivity contribution in [2.24, 2.45) is 4.99 Å². The number of rotatable bonds is 5. The maximum atomic E-state index is 12.8. The Hall–Kier alpha value is -3.78. The van der Waals surface area contributed by atoms with Crippen molar-refractivity contribution in [3.63, 3.8) is 0 Å². The molecular weight excluding hydrogens is 432 g/mol. The standard InChI is InChI=1S/C21H20N6O4S/c1-14-18(8-22)20(28)27(17-6-7-32(30,31)11-17)21(29)19(14)9-24-16-4-2-15(3-5-16)10-26-13-23-12-25-26/h2-5,9,12-13,17,29H,6-7,10-11H2,1H3/t17-/m1/s1. The minimum Gasteiger partial charge on any atom is -0.494 e. The molecule has 0 saturated carbocycles. The number of pyridine rings is 1. The summed E-state index contributed by atoms with van der Waals surface area (Å²) in [5.74, 6) is -0.706. The second-order valence-corrected chi connectivity index (χ2v) is 9.83. The van der Waals surface area contributed by atoms with Crippen LogP contribution in [0.1, 0.15) is 34.7 Å². The summed E-state index contributed by atoms with van der Waals surface area (Å²) in [7, 11) is -3.30. The zero-order valence-electron chi connectivity index (χ0n) is 17.2. The lowest BCUT2D eigenvalue weighted by atomic mass is 10.0. The Morgan fingerprint density at radius 1 is 1.34 bits per heavy atom. The fraction of sp³-hybridized carbons (Fsp3) is 0.286. The summed E-state index contributed by atoms with van der Waals surface area (Å²) < 4.78 is 26.5. The molecule has 1 fully saturated rings. The third-order valence-corrected chi connectivity index (χ3v) is 7.21. The van der Waals surface area contributed by atoms with Gasteiger partial charge in [0.1, 0.15) is 24.3 Å². The summed E-state index contributed by atoms with van der Waals surface area (Å²) in [4.78, 5) is 21.0. The van der Waals surface area contributed by atoms with E-state index >= 15 is 0 Å². The fourth-order valence-corrected chi connectivity index (χ4v) is 5.44. The Balaban J connectivity index is 1.67. The Bertz CT molecular complexity index is 1380. The van der Waals surface area contributed by atoms with Crippen LogP contribution in [0.4, 0.5) is 5.69 Å². The van der Waals surface area contributed by atoms with Gasteiger partial charge in [-0.15, -0.1) is 0 Å². The topological polar surface area (TPSA) is 143 Å². The molecule has 1 aliphatic rings. The van der Waals surface area contributed by atoms with Gasteiger partial charge in [0.15, 0.2) is 9.84 Å². The van der Waals surface area contributed by atoms with Crippen LogP contribution < -0.4 is 5.56 Å². The van der Waals surface area contributed by atoms with Crippen molar-refractivity contribution in [3.05, 3.63) is 69.5 Å². The molecule has 164 valence electrons. The highest BCUT2D eigenvalue weighted by molar-refractivity contribution is 7.91. The van der Waals surface area contributed by atoms with Gasteiger partial charge in [0.05, 0.1) is 35.3 Å². The highest BCUT2D eigenvalue weighted by Gasteiger charge is 2.33. The first-order valence-electron chi connectivity index (χ1n) is 9.83. The van der Waals surface area contributed by atoms with Crippen LogP contribution in [0.25, 0.3) is 0 Å². The van der Waals surface area contributed by atoms with Crippen molar-refractivity contribution < 1.29 is 13.5 Å². The van der Waals surface area contributed by atoms with E-state index in [1.807, 2.05) is 18.2 Å². The number of nitriles is 1. The first-order valence-corrected chi connectivity index (χ1v) is 11.6. The van der Waals surface area contributed by atoms with E-state index in [1.165, 1.54) is 12.5 Å². The number of nitrogens with zero attached hydrogens (tertiary/aromatic N) is 6. The van der Waals surface area contributed by atoms with Crippen molar-refractivity contribution in [2.75, 3.05) is 11.5 Å². The van der Waals surface area contributed by atoms with E-state index in [1.54, 1.807) is 30.1 Å². The lowest BCUT2D eigenvalue weighted by Crippen LogP contribution is -2.29. The van der Waals surface area contributed by atoms with Crippen LogP contribution >= 0.6 is 0 Å². The van der Waals surface area contributed by atoms with Crippen LogP contribution in [0.5, 0.6) is 5.88 Å². The Morgan fingerprint density at radius 2 is 2.09 bits per heavy atom. The highest BCUT2D eigenvalue weighted by atomic mass is 32.2. The average Bonchev–Trinajstić information content (AvgIpc) is 3.38. The van der Waals surface area contributed by atoms with E-state index in [0.717, 1.165) is 10.1 Å². The molecule has 32 heavy (non-hydrogen) atoms. The second kappa shape index (κ2) is 8.39. The van der Waals surface area contributed by atoms with Gasteiger partial charge in [-0.1, -0.05) is 12.1 Å². The largest absolute Gasteiger partial charge is 0.494 e. The number of aliphatic imine (C=N–C) groups is 1. The predicted molar refractivity (Wildman–Crippen MR) is 117 cm³/mol. The van der Waals surface area contributed by atoms with Crippen molar-refractivity contribution in [3.8, 4) is 11.9 Å². The van der Waals surface area contributed by atoms with E-state index in [0.29, 0.717) is 17.8 Å². The maximum Gasteiger partial charge on any atom is 0.271 e. The SMILES string of the molecule is Cc1c(C=Nc2ccc(Cn3cncn3)cc2)c(O)n([C@@H]2CCS(=O)(=O)C2)c(=O)c1C#N. The first kappa shape index (κ1) is 21.5. The molecule has 11 heteroatoms. The molecule has 3 heterocycles. The number of aromatic nitrogens is 4. The van der Waals surface area contributed by atoms with Crippen molar-refractivity contribution >= 4 is 21.7 Å². The summed E-state index contributed by atoms with van der Waals surface area (Å²) in [6, 6.07) is 8.50. The predicted octanol–water partition coefficient (Wildman–Crippen LogP) is 1.48. The van der Waals surface area contributed by atoms with Gasteiger partial charge < -0.3 is 5.11 Å². The van der Waals surface area contributed by atoms with Gasteiger partial charge >= 0.3 is 0 Å². The number of benzene rings is 1. The molecule has 1 atom stereocenters. The van der Waals surface area contributed by atoms with Gasteiger partial charge in [0, 0.05) is 6.21 Å². The second-order valence-electron chi connectivity index (χ2n) is 7.60. The molecule has 0 unspecified atom stereocenters. The number of hydrogen-bond acceptors (Lipinski definition) is 8. The molecule has 1 N–H and O–H groups in total. The van der Waals surface area contributed by atoms with E-state index in [-0.39, 0.29) is 34.9 Å². The molecule has 0 spiro atoms. The fourth-order valence-electron chi connectivity index (χ4n) is 3.74. The summed E-state index contributed by atoms with van der Waals surface area (Å²) in [6.45, 7) is 2.11. The van der Waals surface area contributed by atoms with E-state index in [4.69, 9.17) is 0 Å². The lowest BCUT2D eigenvalue weighted by Gasteiger charge is -2.18. The van der Waals surface area contributed by atoms with Gasteiger partial charge in [-0.25, -0.2) is 18.1 Å². The van der Waals surface area contributed by atoms with Gasteiger partial charge in [0.2, 0.25) is 5.88 Å². The molecule has 1 aromatic carbocycles. The zero-order valence-corrected chi connectivity index (χ0v) is 18.0. The Morgan fingerprint density at radius 3 is 2.69 bits per heavy atom. The van der Waals surface area contributed by atoms with Crippen molar-refractivity contribution in [1.29, 1.82) is 5.26 Å². The van der Waals surface area contributed by atoms with Gasteiger partial charge in [-0.3, -0.25) is 14.4 Å².